The summed E-state index contributed by atoms with van der Waals surface area (Å²) in [5.41, 5.74) is 6.58. The quantitative estimate of drug-likeness (QED) is 0.841. The summed E-state index contributed by atoms with van der Waals surface area (Å²) in [6.45, 7) is 7.01. The Kier molecular flexibility index (Phi) is 3.35. The van der Waals surface area contributed by atoms with E-state index in [1.54, 1.807) is 12.4 Å². The predicted molar refractivity (Wildman–Crippen MR) is 68.7 cm³/mol. The molecule has 2 rings (SSSR count). The molecule has 1 fully saturated rings. The van der Waals surface area contributed by atoms with Crippen LogP contribution in [0.2, 0.25) is 0 Å². The third-order valence-corrected chi connectivity index (χ3v) is 3.97. The van der Waals surface area contributed by atoms with Crippen molar-refractivity contribution >= 4 is 17.6 Å². The molecule has 5 heteroatoms. The van der Waals surface area contributed by atoms with Crippen molar-refractivity contribution in [1.29, 1.82) is 0 Å². The number of hydrogen-bond donors (Lipinski definition) is 1. The van der Waals surface area contributed by atoms with Gasteiger partial charge in [-0.1, -0.05) is 0 Å². The van der Waals surface area contributed by atoms with E-state index in [1.165, 1.54) is 0 Å². The third-order valence-electron chi connectivity index (χ3n) is 2.67. The van der Waals surface area contributed by atoms with Gasteiger partial charge >= 0.3 is 0 Å². The van der Waals surface area contributed by atoms with Gasteiger partial charge in [-0.2, -0.15) is 11.8 Å². The first-order valence-electron chi connectivity index (χ1n) is 5.51. The Morgan fingerprint density at radius 3 is 2.88 bits per heavy atom. The van der Waals surface area contributed by atoms with Crippen LogP contribution in [-0.4, -0.2) is 33.6 Å². The molecule has 0 radical (unpaired) electrons. The van der Waals surface area contributed by atoms with Crippen LogP contribution in [0.1, 0.15) is 19.5 Å². The Balaban J connectivity index is 2.23. The molecule has 0 spiro atoms. The maximum absolute atomic E-state index is 5.69. The summed E-state index contributed by atoms with van der Waals surface area (Å²) >= 11 is 2.01. The molecular formula is C11H18N4S. The van der Waals surface area contributed by atoms with Gasteiger partial charge in [0.15, 0.2) is 5.82 Å². The number of aromatic nitrogens is 2. The van der Waals surface area contributed by atoms with Gasteiger partial charge in [0.2, 0.25) is 0 Å². The monoisotopic (exact) mass is 238 g/mol. The standard InChI is InChI=1S/C11H18N4S/c1-11(2)8-15(5-6-16-11)10-9(7-12)13-3-4-14-10/h3-4H,5-8,12H2,1-2H3. The Hall–Kier alpha value is -0.810. The highest BCUT2D eigenvalue weighted by atomic mass is 32.2. The minimum absolute atomic E-state index is 0.279. The van der Waals surface area contributed by atoms with Gasteiger partial charge in [0, 0.05) is 42.5 Å². The van der Waals surface area contributed by atoms with Gasteiger partial charge in [-0.3, -0.25) is 4.98 Å². The first-order valence-corrected chi connectivity index (χ1v) is 6.50. The van der Waals surface area contributed by atoms with Crippen LogP contribution in [0.25, 0.3) is 0 Å². The molecule has 88 valence electrons. The molecule has 1 aliphatic rings. The minimum Gasteiger partial charge on any atom is -0.353 e. The molecule has 1 aliphatic heterocycles. The van der Waals surface area contributed by atoms with Crippen LogP contribution >= 0.6 is 11.8 Å². The Bertz CT molecular complexity index is 367. The molecule has 4 nitrogen and oxygen atoms in total. The van der Waals surface area contributed by atoms with E-state index in [9.17, 15) is 0 Å². The summed E-state index contributed by atoms with van der Waals surface area (Å²) in [6.07, 6.45) is 3.44. The zero-order valence-electron chi connectivity index (χ0n) is 9.81. The van der Waals surface area contributed by atoms with Crippen molar-refractivity contribution in [2.45, 2.75) is 25.1 Å². The lowest BCUT2D eigenvalue weighted by molar-refractivity contribution is 0.637. The zero-order valence-corrected chi connectivity index (χ0v) is 10.6. The third kappa shape index (κ3) is 2.47. The smallest absolute Gasteiger partial charge is 0.151 e. The van der Waals surface area contributed by atoms with Crippen molar-refractivity contribution in [3.05, 3.63) is 18.1 Å². The predicted octanol–water partition coefficient (Wildman–Crippen LogP) is 1.27. The molecule has 1 saturated heterocycles. The van der Waals surface area contributed by atoms with Crippen LogP contribution < -0.4 is 10.6 Å². The number of rotatable bonds is 2. The number of nitrogens with zero attached hydrogens (tertiary/aromatic N) is 3. The van der Waals surface area contributed by atoms with Crippen LogP contribution in [0.5, 0.6) is 0 Å². The molecule has 0 aromatic carbocycles. The van der Waals surface area contributed by atoms with Gasteiger partial charge < -0.3 is 10.6 Å². The van der Waals surface area contributed by atoms with E-state index >= 15 is 0 Å². The Morgan fingerprint density at radius 2 is 2.19 bits per heavy atom. The first kappa shape index (κ1) is 11.7. The molecular weight excluding hydrogens is 220 g/mol. The van der Waals surface area contributed by atoms with Gasteiger partial charge in [-0.15, -0.1) is 0 Å². The lowest BCUT2D eigenvalue weighted by atomic mass is 10.2. The second-order valence-electron chi connectivity index (χ2n) is 4.56. The van der Waals surface area contributed by atoms with Gasteiger partial charge in [0.05, 0.1) is 5.69 Å². The van der Waals surface area contributed by atoms with Gasteiger partial charge in [0.1, 0.15) is 0 Å². The SMILES string of the molecule is CC1(C)CN(c2nccnc2CN)CCS1. The van der Waals surface area contributed by atoms with Crippen molar-refractivity contribution in [2.75, 3.05) is 23.7 Å². The average molecular weight is 238 g/mol. The molecule has 0 bridgehead atoms. The van der Waals surface area contributed by atoms with Crippen molar-refractivity contribution in [3.63, 3.8) is 0 Å². The highest BCUT2D eigenvalue weighted by Crippen LogP contribution is 2.32. The number of anilines is 1. The minimum atomic E-state index is 0.279. The lowest BCUT2D eigenvalue weighted by Crippen LogP contribution is -2.44. The lowest BCUT2D eigenvalue weighted by Gasteiger charge is -2.38. The fraction of sp³-hybridized carbons (Fsp3) is 0.636. The average Bonchev–Trinajstić information content (AvgIpc) is 2.27. The summed E-state index contributed by atoms with van der Waals surface area (Å²) in [6, 6.07) is 0. The summed E-state index contributed by atoms with van der Waals surface area (Å²) in [7, 11) is 0. The molecule has 0 amide bonds. The molecule has 16 heavy (non-hydrogen) atoms. The topological polar surface area (TPSA) is 55.0 Å². The van der Waals surface area contributed by atoms with E-state index in [0.29, 0.717) is 6.54 Å². The van der Waals surface area contributed by atoms with Gasteiger partial charge in [-0.25, -0.2) is 4.98 Å². The second-order valence-corrected chi connectivity index (χ2v) is 6.36. The van der Waals surface area contributed by atoms with Crippen LogP contribution in [0, 0.1) is 0 Å². The molecule has 1 aromatic rings. The molecule has 0 unspecified atom stereocenters. The highest BCUT2D eigenvalue weighted by molar-refractivity contribution is 8.00. The van der Waals surface area contributed by atoms with Gasteiger partial charge in [-0.05, 0) is 13.8 Å². The van der Waals surface area contributed by atoms with E-state index in [2.05, 4.69) is 28.7 Å². The fourth-order valence-corrected chi connectivity index (χ4v) is 3.08. The Morgan fingerprint density at radius 1 is 1.44 bits per heavy atom. The molecule has 2 heterocycles. The maximum Gasteiger partial charge on any atom is 0.151 e. The van der Waals surface area contributed by atoms with Crippen LogP contribution in [-0.2, 0) is 6.54 Å². The summed E-state index contributed by atoms with van der Waals surface area (Å²) in [5, 5.41) is 0. The largest absolute Gasteiger partial charge is 0.353 e. The van der Waals surface area contributed by atoms with Crippen molar-refractivity contribution in [1.82, 2.24) is 9.97 Å². The van der Waals surface area contributed by atoms with Crippen molar-refractivity contribution in [3.8, 4) is 0 Å². The van der Waals surface area contributed by atoms with Crippen molar-refractivity contribution < 1.29 is 0 Å². The van der Waals surface area contributed by atoms with Gasteiger partial charge in [0.25, 0.3) is 0 Å². The van der Waals surface area contributed by atoms with Crippen molar-refractivity contribution in [2.24, 2.45) is 5.73 Å². The molecule has 0 atom stereocenters. The normalized spacial score (nSPS) is 19.8. The summed E-state index contributed by atoms with van der Waals surface area (Å²) in [4.78, 5) is 11.0. The first-order chi connectivity index (χ1) is 7.62. The second kappa shape index (κ2) is 4.59. The van der Waals surface area contributed by atoms with Crippen LogP contribution in [0.15, 0.2) is 12.4 Å². The summed E-state index contributed by atoms with van der Waals surface area (Å²) < 4.78 is 0.279. The molecule has 2 N–H and O–H groups in total. The fourth-order valence-electron chi connectivity index (χ4n) is 1.96. The van der Waals surface area contributed by atoms with Crippen LogP contribution in [0.3, 0.4) is 0 Å². The number of nitrogens with two attached hydrogens (primary N) is 1. The van der Waals surface area contributed by atoms with E-state index in [0.717, 1.165) is 30.4 Å². The number of thioether (sulfide) groups is 1. The Labute approximate surface area is 101 Å². The van der Waals surface area contributed by atoms with Crippen LogP contribution in [0.4, 0.5) is 5.82 Å². The van der Waals surface area contributed by atoms with E-state index in [1.807, 2.05) is 11.8 Å². The highest BCUT2D eigenvalue weighted by Gasteiger charge is 2.28. The van der Waals surface area contributed by atoms with E-state index in [4.69, 9.17) is 5.73 Å². The molecule has 1 aromatic heterocycles. The molecule has 0 aliphatic carbocycles. The number of hydrogen-bond acceptors (Lipinski definition) is 5. The molecule has 0 saturated carbocycles. The van der Waals surface area contributed by atoms with E-state index < -0.39 is 0 Å². The zero-order chi connectivity index (χ0) is 11.6. The van der Waals surface area contributed by atoms with E-state index in [-0.39, 0.29) is 4.75 Å². The summed E-state index contributed by atoms with van der Waals surface area (Å²) in [5.74, 6) is 2.09. The maximum atomic E-state index is 5.69.